The Balaban J connectivity index is 0.000000228. The summed E-state index contributed by atoms with van der Waals surface area (Å²) in [5.74, 6) is 1.36. The maximum atomic E-state index is 11.7. The smallest absolute Gasteiger partial charge is 0.870 e. The van der Waals surface area contributed by atoms with Crippen LogP contribution >= 0.6 is 151 Å². The molecule has 0 aliphatic heterocycles. The molecule has 27 nitrogen and oxygen atoms in total. The first-order valence-electron chi connectivity index (χ1n) is 41.6. The fraction of sp³-hybridized carbons (Fsp3) is 0.323. The molecule has 5 fully saturated rings. The number of fused-ring (bicyclic) bond motifs is 5. The molecule has 5 aromatic heterocycles. The molecule has 5 saturated carbocycles. The summed E-state index contributed by atoms with van der Waals surface area (Å²) in [4.78, 5) is 56.8. The van der Waals surface area contributed by atoms with Crippen LogP contribution in [0.3, 0.4) is 0 Å². The molecular formula is C96H103Br5FLi2N15O12S6. The van der Waals surface area contributed by atoms with E-state index in [0.29, 0.717) is 98.9 Å². The molecule has 10 aromatic carbocycles. The SMILES string of the molecule is C.C.C.C.CCOC(=O)CSc1nnc(Br)n1-c1ccc(C2CC2)c2ccccc12.CCOC(=O)CSc1nnc(Br)n1-c1ccc(C2CC2)c2ccccc12.CCOC(=O)CSc1nnc(Br)n1-c1ccc(C2CC2)c2ccccc12.CSF.O=C(O)CSc1nnc(Br)n1-c1ccc(C2CC2)c2ccccc12.O=C(O)CSc1nnc(Br)n1-c1ccc(C2CC2)c2ccccc12.[Li+].[Li+].[OH-].[OH-]. The molecule has 5 heterocycles. The first kappa shape index (κ1) is 116. The van der Waals surface area contributed by atoms with Crippen LogP contribution < -0.4 is 37.7 Å². The number of esters is 3. The molecule has 41 heteroatoms. The number of carboxylic acids is 2. The molecule has 714 valence electrons. The van der Waals surface area contributed by atoms with Gasteiger partial charge in [-0.2, -0.15) is 3.89 Å². The van der Waals surface area contributed by atoms with Gasteiger partial charge < -0.3 is 35.4 Å². The molecule has 137 heavy (non-hydrogen) atoms. The van der Waals surface area contributed by atoms with Crippen LogP contribution in [0, 0.1) is 0 Å². The molecule has 0 unspecified atom stereocenters. The summed E-state index contributed by atoms with van der Waals surface area (Å²) in [5, 5.41) is 74.5. The molecule has 0 bridgehead atoms. The molecule has 0 radical (unpaired) electrons. The van der Waals surface area contributed by atoms with Crippen LogP contribution in [-0.2, 0) is 38.2 Å². The summed E-state index contributed by atoms with van der Waals surface area (Å²) >= 11 is 23.9. The van der Waals surface area contributed by atoms with Crippen molar-refractivity contribution in [1.82, 2.24) is 73.8 Å². The second-order valence-corrected chi connectivity index (χ2v) is 38.8. The summed E-state index contributed by atoms with van der Waals surface area (Å²) in [6, 6.07) is 63.4. The van der Waals surface area contributed by atoms with E-state index in [9.17, 15) is 27.9 Å². The minimum absolute atomic E-state index is 0. The molecule has 20 rings (SSSR count). The van der Waals surface area contributed by atoms with E-state index in [1.807, 2.05) is 53.2 Å². The van der Waals surface area contributed by atoms with Crippen molar-refractivity contribution < 1.29 is 101 Å². The number of carbonyl (C=O) groups is 5. The normalized spacial score (nSPS) is 13.0. The van der Waals surface area contributed by atoms with Gasteiger partial charge in [-0.25, -0.2) is 0 Å². The largest absolute Gasteiger partial charge is 1.00 e. The third kappa shape index (κ3) is 28.8. The Labute approximate surface area is 886 Å². The van der Waals surface area contributed by atoms with E-state index in [1.165, 1.54) is 160 Å². The quantitative estimate of drug-likeness (QED) is 0.0199. The number of carboxylic acid groups (broad SMARTS) is 2. The summed E-state index contributed by atoms with van der Waals surface area (Å²) < 4.78 is 37.8. The van der Waals surface area contributed by atoms with Crippen molar-refractivity contribution in [2.45, 2.75) is 170 Å². The first-order valence-corrected chi connectivity index (χ1v) is 51.6. The second kappa shape index (κ2) is 54.9. The summed E-state index contributed by atoms with van der Waals surface area (Å²) in [5.41, 5.74) is 11.9. The topological polar surface area (TPSA) is 367 Å². The number of aliphatic carboxylic acids is 2. The number of nitrogens with zero attached hydrogens (tertiary/aromatic N) is 15. The zero-order chi connectivity index (χ0) is 90.4. The van der Waals surface area contributed by atoms with Gasteiger partial charge in [0, 0.05) is 45.3 Å². The van der Waals surface area contributed by atoms with E-state index in [0.717, 1.165) is 78.9 Å². The third-order valence-electron chi connectivity index (χ3n) is 21.5. The Morgan fingerprint density at radius 3 is 0.620 bits per heavy atom. The Hall–Kier alpha value is -7.91. The Morgan fingerprint density at radius 2 is 0.467 bits per heavy atom. The van der Waals surface area contributed by atoms with Gasteiger partial charge in [0.15, 0.2) is 25.8 Å². The Kier molecular flexibility index (Phi) is 46.5. The van der Waals surface area contributed by atoms with E-state index in [4.69, 9.17) is 24.4 Å². The summed E-state index contributed by atoms with van der Waals surface area (Å²) in [6.45, 7) is 6.54. The van der Waals surface area contributed by atoms with Gasteiger partial charge in [0.2, 0.25) is 23.7 Å². The minimum Gasteiger partial charge on any atom is -0.870 e. The van der Waals surface area contributed by atoms with Gasteiger partial charge >= 0.3 is 67.6 Å². The molecule has 0 atom stereocenters. The standard InChI is InChI=1S/3C19H18BrN3O2S.2C17H14BrN3O2S.CH3FS.4CH4.2Li.2H2O/c3*1-2-25-17(24)11-26-19-22-21-18(20)23(19)16-10-9-13(12-7-8-12)14-5-3-4-6-15(14)16;2*18-16-19-20-17(24-9-15(22)23)21(16)14-8-7-11(10-5-6-10)12-3-1-2-4-13(12)14;1-3-2;;;;;;;;/h3*3-6,9-10,12H,2,7-8,11H2,1H3;2*1-4,7-8,10H,5-6,9H2,(H,22,23);1H3;4*1H4;;;2*1H2/q;;;;;;;;;;2*+1;;/p-2. The van der Waals surface area contributed by atoms with Crippen molar-refractivity contribution in [2.24, 2.45) is 0 Å². The van der Waals surface area contributed by atoms with Crippen molar-refractivity contribution >= 4 is 234 Å². The van der Waals surface area contributed by atoms with Gasteiger partial charge in [0.1, 0.15) is 0 Å². The zero-order valence-electron chi connectivity index (χ0n) is 72.9. The van der Waals surface area contributed by atoms with Gasteiger partial charge in [0.05, 0.1) is 77.0 Å². The van der Waals surface area contributed by atoms with Crippen LogP contribution in [0.2, 0.25) is 0 Å². The van der Waals surface area contributed by atoms with Crippen molar-refractivity contribution in [2.75, 3.05) is 54.8 Å². The van der Waals surface area contributed by atoms with Crippen LogP contribution in [0.5, 0.6) is 0 Å². The zero-order valence-corrected chi connectivity index (χ0v) is 85.7. The molecule has 15 aromatic rings. The molecule has 4 N–H and O–H groups in total. The van der Waals surface area contributed by atoms with Crippen LogP contribution in [0.4, 0.5) is 3.89 Å². The van der Waals surface area contributed by atoms with Crippen LogP contribution in [0.15, 0.2) is 231 Å². The number of thioether (sulfide) groups is 5. The fourth-order valence-corrected chi connectivity index (χ4v) is 21.6. The minimum atomic E-state index is -0.875. The molecule has 0 saturated heterocycles. The number of benzene rings is 10. The molecule has 0 amide bonds. The summed E-state index contributed by atoms with van der Waals surface area (Å²) in [6.07, 6.45) is 14.0. The Bertz CT molecular complexity index is 6120. The molecule has 5 aliphatic carbocycles. The van der Waals surface area contributed by atoms with Gasteiger partial charge in [-0.3, -0.25) is 46.8 Å². The third-order valence-corrected chi connectivity index (χ3v) is 28.6. The number of hydrogen-bond donors (Lipinski definition) is 2. The molecule has 5 aliphatic rings. The van der Waals surface area contributed by atoms with Gasteiger partial charge in [-0.15, -0.1) is 51.0 Å². The maximum Gasteiger partial charge on any atom is 1.00 e. The van der Waals surface area contributed by atoms with Crippen molar-refractivity contribution in [3.63, 3.8) is 0 Å². The second-order valence-electron chi connectivity index (χ2n) is 30.2. The molecular weight excluding hydrogens is 2180 g/mol. The van der Waals surface area contributed by atoms with E-state index in [2.05, 4.69) is 282 Å². The van der Waals surface area contributed by atoms with E-state index in [-0.39, 0.29) is 137 Å². The van der Waals surface area contributed by atoms with E-state index < -0.39 is 11.9 Å². The number of halogens is 6. The van der Waals surface area contributed by atoms with Crippen LogP contribution in [-0.4, -0.2) is 180 Å². The van der Waals surface area contributed by atoms with Gasteiger partial charge in [-0.1, -0.05) is 240 Å². The van der Waals surface area contributed by atoms with E-state index in [1.54, 1.807) is 20.8 Å². The number of hydrogen-bond acceptors (Lipinski definition) is 26. The number of rotatable bonds is 28. The number of aromatic nitrogens is 15. The number of ether oxygens (including phenoxy) is 3. The first-order chi connectivity index (χ1) is 62.8. The van der Waals surface area contributed by atoms with Crippen molar-refractivity contribution in [3.8, 4) is 28.4 Å². The maximum absolute atomic E-state index is 11.7. The van der Waals surface area contributed by atoms with Crippen molar-refractivity contribution in [3.05, 3.63) is 233 Å². The van der Waals surface area contributed by atoms with Crippen molar-refractivity contribution in [1.29, 1.82) is 0 Å². The van der Waals surface area contributed by atoms with E-state index >= 15 is 0 Å². The van der Waals surface area contributed by atoms with Gasteiger partial charge in [0.25, 0.3) is 0 Å². The number of carbonyl (C=O) groups excluding carboxylic acids is 3. The monoisotopic (exact) mass is 2280 g/mol. The molecule has 0 spiro atoms. The average Bonchev–Trinajstić information content (AvgIpc) is 1.67. The van der Waals surface area contributed by atoms with Gasteiger partial charge in [-0.05, 0) is 279 Å². The predicted octanol–water partition coefficient (Wildman–Crippen LogP) is 20.1. The summed E-state index contributed by atoms with van der Waals surface area (Å²) in [7, 11) is 0. The average molecular weight is 2280 g/mol. The fourth-order valence-electron chi connectivity index (χ4n) is 15.2. The predicted molar refractivity (Wildman–Crippen MR) is 557 cm³/mol. The Morgan fingerprint density at radius 1 is 0.307 bits per heavy atom. The van der Waals surface area contributed by atoms with Crippen LogP contribution in [0.1, 0.15) is 172 Å². The van der Waals surface area contributed by atoms with Crippen LogP contribution in [0.25, 0.3) is 82.3 Å².